The van der Waals surface area contributed by atoms with Crippen LogP contribution in [-0.2, 0) is 22.5 Å². The summed E-state index contributed by atoms with van der Waals surface area (Å²) in [7, 11) is 0. The molecule has 3 aromatic rings. The van der Waals surface area contributed by atoms with E-state index in [1.54, 1.807) is 0 Å². The molecule has 0 fully saturated rings. The number of ether oxygens (including phenoxy) is 2. The molecule has 1 aliphatic rings. The molecule has 1 aromatic heterocycles. The normalized spacial score (nSPS) is 16.0. The molecule has 34 heavy (non-hydrogen) atoms. The summed E-state index contributed by atoms with van der Waals surface area (Å²) in [5.74, 6) is 2.32. The van der Waals surface area contributed by atoms with Gasteiger partial charge in [-0.1, -0.05) is 60.6 Å². The summed E-state index contributed by atoms with van der Waals surface area (Å²) in [6.07, 6.45) is 2.99. The molecule has 5 heteroatoms. The maximum absolute atomic E-state index is 6.35. The van der Waals surface area contributed by atoms with Gasteiger partial charge in [-0.3, -0.25) is 0 Å². The largest absolute Gasteiger partial charge is 0.492 e. The van der Waals surface area contributed by atoms with Gasteiger partial charge in [-0.2, -0.15) is 0 Å². The minimum absolute atomic E-state index is 0.0716. The van der Waals surface area contributed by atoms with Crippen molar-refractivity contribution in [3.63, 3.8) is 0 Å². The van der Waals surface area contributed by atoms with Gasteiger partial charge in [0.05, 0.1) is 18.3 Å². The monoisotopic (exact) mass is 458 g/mol. The summed E-state index contributed by atoms with van der Waals surface area (Å²) in [4.78, 5) is 2.12. The SMILES string of the molecule is CCOC1=C(OCc2ccc(-c3ccccc3)c(CC)c2)C=C(C)N(c2onc(C)c2C)C1C. The fourth-order valence-corrected chi connectivity index (χ4v) is 4.47. The summed E-state index contributed by atoms with van der Waals surface area (Å²) >= 11 is 0. The Hall–Kier alpha value is -3.47. The van der Waals surface area contributed by atoms with Gasteiger partial charge in [0.2, 0.25) is 5.88 Å². The van der Waals surface area contributed by atoms with Crippen molar-refractivity contribution < 1.29 is 14.0 Å². The zero-order valence-electron chi connectivity index (χ0n) is 21.0. The number of aryl methyl sites for hydroxylation is 2. The van der Waals surface area contributed by atoms with Crippen LogP contribution < -0.4 is 4.90 Å². The van der Waals surface area contributed by atoms with Crippen LogP contribution in [0, 0.1) is 13.8 Å². The van der Waals surface area contributed by atoms with Crippen molar-refractivity contribution in [1.29, 1.82) is 0 Å². The third kappa shape index (κ3) is 4.60. The Labute approximate surface area is 202 Å². The van der Waals surface area contributed by atoms with Crippen molar-refractivity contribution >= 4 is 5.88 Å². The van der Waals surface area contributed by atoms with Gasteiger partial charge < -0.3 is 18.9 Å². The zero-order chi connectivity index (χ0) is 24.2. The highest BCUT2D eigenvalue weighted by Gasteiger charge is 2.32. The van der Waals surface area contributed by atoms with Crippen LogP contribution in [0.5, 0.6) is 0 Å². The molecule has 0 N–H and O–H groups in total. The number of nitrogens with zero attached hydrogens (tertiary/aromatic N) is 2. The first-order valence-corrected chi connectivity index (χ1v) is 12.0. The Morgan fingerprint density at radius 3 is 2.41 bits per heavy atom. The lowest BCUT2D eigenvalue weighted by atomic mass is 9.96. The summed E-state index contributed by atoms with van der Waals surface area (Å²) in [5, 5.41) is 4.14. The van der Waals surface area contributed by atoms with Gasteiger partial charge in [-0.15, -0.1) is 0 Å². The van der Waals surface area contributed by atoms with Gasteiger partial charge in [-0.05, 0) is 63.3 Å². The Balaban J connectivity index is 1.58. The van der Waals surface area contributed by atoms with E-state index in [1.165, 1.54) is 16.7 Å². The molecule has 0 radical (unpaired) electrons. The third-order valence-corrected chi connectivity index (χ3v) is 6.41. The summed E-state index contributed by atoms with van der Waals surface area (Å²) in [6, 6.07) is 17.1. The Kier molecular flexibility index (Phi) is 7.11. The van der Waals surface area contributed by atoms with E-state index in [0.717, 1.165) is 46.3 Å². The molecule has 1 atom stereocenters. The Morgan fingerprint density at radius 2 is 1.76 bits per heavy atom. The molecular formula is C29H34N2O3. The van der Waals surface area contributed by atoms with Crippen LogP contribution in [-0.4, -0.2) is 17.8 Å². The van der Waals surface area contributed by atoms with Crippen LogP contribution >= 0.6 is 0 Å². The lowest BCUT2D eigenvalue weighted by Crippen LogP contribution is -2.37. The molecule has 0 amide bonds. The quantitative estimate of drug-likeness (QED) is 0.360. The summed E-state index contributed by atoms with van der Waals surface area (Å²) in [6.45, 7) is 13.4. The molecule has 5 nitrogen and oxygen atoms in total. The second kappa shape index (κ2) is 10.2. The molecule has 0 bridgehead atoms. The van der Waals surface area contributed by atoms with Crippen molar-refractivity contribution in [2.24, 2.45) is 0 Å². The van der Waals surface area contributed by atoms with Crippen molar-refractivity contribution in [1.82, 2.24) is 5.16 Å². The van der Waals surface area contributed by atoms with Crippen LogP contribution in [0.4, 0.5) is 5.88 Å². The zero-order valence-corrected chi connectivity index (χ0v) is 21.0. The van der Waals surface area contributed by atoms with Gasteiger partial charge in [0.15, 0.2) is 11.5 Å². The van der Waals surface area contributed by atoms with Crippen LogP contribution in [0.1, 0.15) is 50.1 Å². The van der Waals surface area contributed by atoms with E-state index in [-0.39, 0.29) is 6.04 Å². The summed E-state index contributed by atoms with van der Waals surface area (Å²) in [5.41, 5.74) is 7.93. The predicted octanol–water partition coefficient (Wildman–Crippen LogP) is 7.10. The van der Waals surface area contributed by atoms with Gasteiger partial charge in [0.1, 0.15) is 6.61 Å². The first kappa shape index (κ1) is 23.7. The Bertz CT molecular complexity index is 1210. The first-order chi connectivity index (χ1) is 16.4. The molecule has 2 aromatic carbocycles. The third-order valence-electron chi connectivity index (χ3n) is 6.41. The maximum atomic E-state index is 6.35. The van der Waals surface area contributed by atoms with E-state index in [9.17, 15) is 0 Å². The lowest BCUT2D eigenvalue weighted by molar-refractivity contribution is 0.146. The number of benzene rings is 2. The molecule has 4 rings (SSSR count). The van der Waals surface area contributed by atoms with Crippen LogP contribution in [0.25, 0.3) is 11.1 Å². The molecular weight excluding hydrogens is 424 g/mol. The number of anilines is 1. The van der Waals surface area contributed by atoms with E-state index in [1.807, 2.05) is 32.9 Å². The van der Waals surface area contributed by atoms with Gasteiger partial charge in [0.25, 0.3) is 0 Å². The van der Waals surface area contributed by atoms with Crippen LogP contribution in [0.15, 0.2) is 76.3 Å². The summed E-state index contributed by atoms with van der Waals surface area (Å²) < 4.78 is 18.1. The predicted molar refractivity (Wildman–Crippen MR) is 136 cm³/mol. The molecule has 0 saturated carbocycles. The fourth-order valence-electron chi connectivity index (χ4n) is 4.47. The second-order valence-electron chi connectivity index (χ2n) is 8.69. The lowest BCUT2D eigenvalue weighted by Gasteiger charge is -2.35. The number of rotatable bonds is 8. The van der Waals surface area contributed by atoms with Crippen molar-refractivity contribution in [2.45, 2.75) is 60.6 Å². The number of hydrogen-bond acceptors (Lipinski definition) is 5. The molecule has 0 spiro atoms. The smallest absolute Gasteiger partial charge is 0.235 e. The number of hydrogen-bond donors (Lipinski definition) is 0. The van der Waals surface area contributed by atoms with Crippen LogP contribution in [0.3, 0.4) is 0 Å². The van der Waals surface area contributed by atoms with Gasteiger partial charge in [-0.25, -0.2) is 0 Å². The first-order valence-electron chi connectivity index (χ1n) is 12.0. The second-order valence-corrected chi connectivity index (χ2v) is 8.69. The topological polar surface area (TPSA) is 47.7 Å². The highest BCUT2D eigenvalue weighted by Crippen LogP contribution is 2.36. The number of aromatic nitrogens is 1. The van der Waals surface area contributed by atoms with E-state index >= 15 is 0 Å². The van der Waals surface area contributed by atoms with E-state index < -0.39 is 0 Å². The standard InChI is InChI=1S/C29H34N2O3/c1-7-24-17-23(14-15-26(24)25-12-10-9-11-13-25)18-33-27-16-19(3)31(22(6)28(27)32-8-2)29-20(4)21(5)30-34-29/h9-17,22H,7-8,18H2,1-6H3. The highest BCUT2D eigenvalue weighted by atomic mass is 16.5. The van der Waals surface area contributed by atoms with Crippen molar-refractivity contribution in [2.75, 3.05) is 11.5 Å². The van der Waals surface area contributed by atoms with E-state index in [0.29, 0.717) is 13.2 Å². The highest BCUT2D eigenvalue weighted by molar-refractivity contribution is 5.67. The average Bonchev–Trinajstić information content (AvgIpc) is 3.18. The molecule has 0 saturated heterocycles. The molecule has 1 aliphatic heterocycles. The van der Waals surface area contributed by atoms with E-state index in [4.69, 9.17) is 14.0 Å². The van der Waals surface area contributed by atoms with Gasteiger partial charge in [0, 0.05) is 17.3 Å². The van der Waals surface area contributed by atoms with Gasteiger partial charge >= 0.3 is 0 Å². The Morgan fingerprint density at radius 1 is 1.00 bits per heavy atom. The minimum atomic E-state index is -0.0716. The molecule has 1 unspecified atom stereocenters. The van der Waals surface area contributed by atoms with Crippen LogP contribution in [0.2, 0.25) is 0 Å². The molecule has 0 aliphatic carbocycles. The van der Waals surface area contributed by atoms with Crippen molar-refractivity contribution in [3.05, 3.63) is 94.2 Å². The fraction of sp³-hybridized carbons (Fsp3) is 0.345. The van der Waals surface area contributed by atoms with E-state index in [2.05, 4.69) is 73.3 Å². The number of allylic oxidation sites excluding steroid dienone is 2. The maximum Gasteiger partial charge on any atom is 0.235 e. The molecule has 2 heterocycles. The minimum Gasteiger partial charge on any atom is -0.492 e. The average molecular weight is 459 g/mol. The molecule has 178 valence electrons. The van der Waals surface area contributed by atoms with Crippen molar-refractivity contribution in [3.8, 4) is 11.1 Å².